The van der Waals surface area contributed by atoms with E-state index < -0.39 is 6.03 Å². The van der Waals surface area contributed by atoms with E-state index in [9.17, 15) is 14.4 Å². The zero-order valence-electron chi connectivity index (χ0n) is 37.7. The Labute approximate surface area is 372 Å². The molecule has 3 aliphatic rings. The van der Waals surface area contributed by atoms with Crippen molar-refractivity contribution in [2.75, 3.05) is 60.7 Å². The number of nitrogens with one attached hydrogen (secondary N) is 5. The highest BCUT2D eigenvalue weighted by molar-refractivity contribution is 6.00. The lowest BCUT2D eigenvalue weighted by molar-refractivity contribution is -0.116. The Bertz CT molecular complexity index is 2260. The molecule has 1 aromatic heterocycles. The molecule has 7 rings (SSSR count). The molecule has 0 saturated carbocycles. The molecular weight excluding hydrogens is 793 g/mol. The molecule has 4 unspecified atom stereocenters. The molecule has 2 aliphatic heterocycles. The number of hydrogen-bond donors (Lipinski definition) is 5. The van der Waals surface area contributed by atoms with Crippen molar-refractivity contribution in [1.29, 1.82) is 0 Å². The maximum atomic E-state index is 13.2. The van der Waals surface area contributed by atoms with Crippen LogP contribution in [0.25, 0.3) is 0 Å². The van der Waals surface area contributed by atoms with E-state index in [-0.39, 0.29) is 29.4 Å². The summed E-state index contributed by atoms with van der Waals surface area (Å²) in [5.74, 6) is 1.64. The van der Waals surface area contributed by atoms with Crippen molar-refractivity contribution >= 4 is 40.7 Å². The molecule has 4 aromatic rings. The minimum atomic E-state index is -0.431. The quantitative estimate of drug-likeness (QED) is 0.0517. The Morgan fingerprint density at radius 2 is 1.70 bits per heavy atom. The second kappa shape index (κ2) is 20.6. The van der Waals surface area contributed by atoms with Crippen LogP contribution in [0.4, 0.5) is 27.7 Å². The number of aryl methyl sites for hydroxylation is 4. The Morgan fingerprint density at radius 3 is 2.49 bits per heavy atom. The molecule has 0 bridgehead atoms. The van der Waals surface area contributed by atoms with E-state index in [1.54, 1.807) is 30.5 Å². The summed E-state index contributed by atoms with van der Waals surface area (Å²) in [6.45, 7) is 16.5. The monoisotopic (exact) mass is 856 g/mol. The van der Waals surface area contributed by atoms with Crippen LogP contribution in [0.2, 0.25) is 0 Å². The van der Waals surface area contributed by atoms with Gasteiger partial charge in [-0.05, 0) is 119 Å². The minimum Gasteiger partial charge on any atom is -0.489 e. The van der Waals surface area contributed by atoms with Gasteiger partial charge in [0.2, 0.25) is 5.91 Å². The highest BCUT2D eigenvalue weighted by Crippen LogP contribution is 2.49. The van der Waals surface area contributed by atoms with Crippen molar-refractivity contribution < 1.29 is 23.9 Å². The molecule has 63 heavy (non-hydrogen) atoms. The molecule has 13 heteroatoms. The van der Waals surface area contributed by atoms with Crippen molar-refractivity contribution in [2.24, 2.45) is 11.3 Å². The first-order chi connectivity index (χ1) is 30.3. The number of hydrogen-bond acceptors (Lipinski definition) is 9. The van der Waals surface area contributed by atoms with Gasteiger partial charge in [-0.15, -0.1) is 0 Å². The van der Waals surface area contributed by atoms with Gasteiger partial charge in [0.1, 0.15) is 18.5 Å². The highest BCUT2D eigenvalue weighted by Gasteiger charge is 2.44. The summed E-state index contributed by atoms with van der Waals surface area (Å²) >= 11 is 0. The summed E-state index contributed by atoms with van der Waals surface area (Å²) in [6, 6.07) is 17.4. The van der Waals surface area contributed by atoms with E-state index >= 15 is 0 Å². The molecule has 4 amide bonds. The van der Waals surface area contributed by atoms with Gasteiger partial charge in [-0.25, -0.2) is 9.78 Å². The molecule has 0 radical (unpaired) electrons. The maximum absolute atomic E-state index is 13.2. The fourth-order valence-corrected chi connectivity index (χ4v) is 8.91. The van der Waals surface area contributed by atoms with Gasteiger partial charge in [-0.1, -0.05) is 56.5 Å². The summed E-state index contributed by atoms with van der Waals surface area (Å²) in [4.78, 5) is 49.6. The van der Waals surface area contributed by atoms with Crippen molar-refractivity contribution in [2.45, 2.75) is 98.1 Å². The number of unbranched alkanes of at least 4 members (excludes halogenated alkanes) is 3. The first-order valence-corrected chi connectivity index (χ1v) is 22.5. The van der Waals surface area contributed by atoms with Crippen LogP contribution in [0.3, 0.4) is 0 Å². The second-order valence-corrected chi connectivity index (χ2v) is 18.2. The van der Waals surface area contributed by atoms with Gasteiger partial charge in [0, 0.05) is 60.4 Å². The van der Waals surface area contributed by atoms with Crippen molar-refractivity contribution in [3.05, 3.63) is 113 Å². The average molecular weight is 857 g/mol. The van der Waals surface area contributed by atoms with Gasteiger partial charge in [0.25, 0.3) is 5.91 Å². The summed E-state index contributed by atoms with van der Waals surface area (Å²) in [6.07, 6.45) is 13.0. The molecule has 334 valence electrons. The fraction of sp³-hybridized carbons (Fsp3) is 0.460. The first kappa shape index (κ1) is 45.2. The molecule has 4 atom stereocenters. The number of rotatable bonds is 17. The number of allylic oxidation sites excluding steroid dienone is 2. The van der Waals surface area contributed by atoms with Crippen LogP contribution < -0.4 is 31.3 Å². The number of ether oxygens (including phenoxy) is 2. The average Bonchev–Trinajstić information content (AvgIpc) is 3.76. The number of urea groups is 1. The number of carbonyl (C=O) groups excluding carboxylic acids is 3. The Kier molecular flexibility index (Phi) is 14.8. The lowest BCUT2D eigenvalue weighted by atomic mass is 9.69. The Morgan fingerprint density at radius 1 is 0.905 bits per heavy atom. The SMILES string of the molecule is Cc1ccc2c(c1)C1C=CCC1C(C(C)(C)CNC(=O)c1ccc(NC(=O)CCCCCCN3CCOC(COc4cc(C)c(C)cc4NC(=O)Nc4cnc(C)cn4)C3)cc1)N2. The molecule has 1 saturated heterocycles. The molecule has 0 spiro atoms. The standard InChI is InChI=1S/C50H64N8O5/c1-32-15-20-42-41(24-32)39-12-11-13-40(39)47(55-42)50(5,6)31-53-48(60)36-16-18-37(19-17-36)54-46(59)14-9-7-8-10-21-58-22-23-62-38(29-58)30-63-44-26-34(3)33(2)25-43(44)56-49(61)57-45-28-51-35(4)27-52-45/h11-12,15-20,24-28,38-40,47,55H,7-10,13-14,21-23,29-31H2,1-6H3,(H,53,60)(H,54,59)(H2,52,56,57,61). The summed E-state index contributed by atoms with van der Waals surface area (Å²) < 4.78 is 12.3. The Hall–Kier alpha value is -5.79. The Balaban J connectivity index is 0.776. The van der Waals surface area contributed by atoms with Gasteiger partial charge < -0.3 is 30.7 Å². The number of amides is 4. The molecule has 13 nitrogen and oxygen atoms in total. The third kappa shape index (κ3) is 12.0. The zero-order valence-corrected chi connectivity index (χ0v) is 37.7. The van der Waals surface area contributed by atoms with Gasteiger partial charge in [0.15, 0.2) is 5.82 Å². The smallest absolute Gasteiger partial charge is 0.324 e. The van der Waals surface area contributed by atoms with Gasteiger partial charge in [0.05, 0.1) is 30.4 Å². The highest BCUT2D eigenvalue weighted by atomic mass is 16.5. The molecule has 5 N–H and O–H groups in total. The van der Waals surface area contributed by atoms with E-state index in [0.29, 0.717) is 66.5 Å². The van der Waals surface area contributed by atoms with Gasteiger partial charge >= 0.3 is 6.03 Å². The summed E-state index contributed by atoms with van der Waals surface area (Å²) in [7, 11) is 0. The number of aromatic nitrogens is 2. The number of benzene rings is 3. The number of anilines is 4. The normalized spacial score (nSPS) is 19.3. The predicted octanol–water partition coefficient (Wildman–Crippen LogP) is 8.93. The van der Waals surface area contributed by atoms with Crippen LogP contribution >= 0.6 is 0 Å². The van der Waals surface area contributed by atoms with Crippen LogP contribution in [0.1, 0.15) is 96.6 Å². The van der Waals surface area contributed by atoms with E-state index in [2.05, 4.69) is 92.6 Å². The molecule has 1 aliphatic carbocycles. The summed E-state index contributed by atoms with van der Waals surface area (Å²) in [5.41, 5.74) is 8.33. The molecule has 1 fully saturated rings. The number of nitrogens with zero attached hydrogens (tertiary/aromatic N) is 3. The first-order valence-electron chi connectivity index (χ1n) is 22.5. The maximum Gasteiger partial charge on any atom is 0.324 e. The summed E-state index contributed by atoms with van der Waals surface area (Å²) in [5, 5.41) is 15.6. The van der Waals surface area contributed by atoms with E-state index in [1.807, 2.05) is 32.9 Å². The van der Waals surface area contributed by atoms with E-state index in [1.165, 1.54) is 23.0 Å². The van der Waals surface area contributed by atoms with Crippen LogP contribution in [0, 0.1) is 39.0 Å². The molecule has 3 heterocycles. The third-order valence-corrected chi connectivity index (χ3v) is 12.6. The van der Waals surface area contributed by atoms with Crippen LogP contribution in [-0.2, 0) is 9.53 Å². The predicted molar refractivity (Wildman–Crippen MR) is 250 cm³/mol. The lowest BCUT2D eigenvalue weighted by Crippen LogP contribution is -2.51. The van der Waals surface area contributed by atoms with Crippen LogP contribution in [0.5, 0.6) is 5.75 Å². The fourth-order valence-electron chi connectivity index (χ4n) is 8.91. The van der Waals surface area contributed by atoms with E-state index in [0.717, 1.165) is 68.6 Å². The topological polar surface area (TPSA) is 159 Å². The van der Waals surface area contributed by atoms with Crippen molar-refractivity contribution in [1.82, 2.24) is 20.2 Å². The molecular formula is C50H64N8O5. The number of fused-ring (bicyclic) bond motifs is 3. The number of morpholine rings is 1. The van der Waals surface area contributed by atoms with Gasteiger partial charge in [-0.3, -0.25) is 24.8 Å². The zero-order chi connectivity index (χ0) is 44.5. The second-order valence-electron chi connectivity index (χ2n) is 18.2. The lowest BCUT2D eigenvalue weighted by Gasteiger charge is -2.45. The van der Waals surface area contributed by atoms with Crippen LogP contribution in [0.15, 0.2) is 79.1 Å². The van der Waals surface area contributed by atoms with E-state index in [4.69, 9.17) is 9.47 Å². The largest absolute Gasteiger partial charge is 0.489 e. The van der Waals surface area contributed by atoms with Crippen molar-refractivity contribution in [3.63, 3.8) is 0 Å². The third-order valence-electron chi connectivity index (χ3n) is 12.6. The molecule has 3 aromatic carbocycles. The minimum absolute atomic E-state index is 0.0234. The van der Waals surface area contributed by atoms with Crippen molar-refractivity contribution in [3.8, 4) is 5.75 Å². The van der Waals surface area contributed by atoms with Gasteiger partial charge in [-0.2, -0.15) is 0 Å². The number of carbonyl (C=O) groups is 3. The van der Waals surface area contributed by atoms with Crippen LogP contribution in [-0.4, -0.2) is 84.3 Å².